The maximum absolute atomic E-state index is 11.2. The van der Waals surface area contributed by atoms with Gasteiger partial charge >= 0.3 is 0 Å². The second kappa shape index (κ2) is 1.72. The molecule has 0 aromatic carbocycles. The molecule has 1 aliphatic heterocycles. The molecule has 0 aromatic rings. The Bertz CT molecular complexity index is 378. The maximum atomic E-state index is 11.2. The van der Waals surface area contributed by atoms with Crippen molar-refractivity contribution in [1.29, 1.82) is 10.5 Å². The summed E-state index contributed by atoms with van der Waals surface area (Å²) in [4.78, 5) is 22.5. The summed E-state index contributed by atoms with van der Waals surface area (Å²) in [5.74, 6) is -1.75. The van der Waals surface area contributed by atoms with Crippen LogP contribution in [0.3, 0.4) is 0 Å². The van der Waals surface area contributed by atoms with Gasteiger partial charge in [0.1, 0.15) is 0 Å². The van der Waals surface area contributed by atoms with E-state index in [-0.39, 0.29) is 0 Å². The van der Waals surface area contributed by atoms with Gasteiger partial charge in [-0.05, 0) is 0 Å². The summed E-state index contributed by atoms with van der Waals surface area (Å²) in [5.41, 5.74) is -2.84. The van der Waals surface area contributed by atoms with E-state index in [0.29, 0.717) is 0 Å². The van der Waals surface area contributed by atoms with E-state index in [1.165, 1.54) is 0 Å². The molecular formula is C8H5N3O2. The smallest absolute Gasteiger partial charge is 0.249 e. The van der Waals surface area contributed by atoms with Gasteiger partial charge in [-0.3, -0.25) is 14.9 Å². The highest BCUT2D eigenvalue weighted by Gasteiger charge is 2.88. The summed E-state index contributed by atoms with van der Waals surface area (Å²) in [6, 6.07) is 3.56. The minimum atomic E-state index is -1.42. The monoisotopic (exact) mass is 175 g/mol. The normalized spacial score (nSPS) is 45.9. The van der Waals surface area contributed by atoms with Gasteiger partial charge in [-0.2, -0.15) is 10.5 Å². The minimum Gasteiger partial charge on any atom is -0.294 e. The fourth-order valence-electron chi connectivity index (χ4n) is 2.18. The third kappa shape index (κ3) is 0.436. The second-order valence-electron chi connectivity index (χ2n) is 3.34. The molecule has 2 aliphatic rings. The van der Waals surface area contributed by atoms with Gasteiger partial charge in [0.15, 0.2) is 10.8 Å². The van der Waals surface area contributed by atoms with Crippen molar-refractivity contribution in [1.82, 2.24) is 5.32 Å². The molecule has 5 nitrogen and oxygen atoms in total. The van der Waals surface area contributed by atoms with Gasteiger partial charge < -0.3 is 0 Å². The molecule has 1 saturated carbocycles. The van der Waals surface area contributed by atoms with E-state index in [0.717, 1.165) is 0 Å². The first kappa shape index (κ1) is 7.75. The Labute approximate surface area is 73.9 Å². The molecule has 0 spiro atoms. The van der Waals surface area contributed by atoms with Crippen LogP contribution in [0.4, 0.5) is 0 Å². The first-order valence-electron chi connectivity index (χ1n) is 3.76. The highest BCUT2D eigenvalue weighted by molar-refractivity contribution is 6.18. The Kier molecular flexibility index (Phi) is 1.03. The zero-order valence-corrected chi connectivity index (χ0v) is 6.79. The third-order valence-electron chi connectivity index (χ3n) is 3.13. The minimum absolute atomic E-state index is 0.490. The van der Waals surface area contributed by atoms with Crippen LogP contribution in [0.1, 0.15) is 6.92 Å². The summed E-state index contributed by atoms with van der Waals surface area (Å²) in [7, 11) is 0. The second-order valence-corrected chi connectivity index (χ2v) is 3.34. The molecule has 0 bridgehead atoms. The van der Waals surface area contributed by atoms with E-state index in [4.69, 9.17) is 10.5 Å². The SMILES string of the molecule is CC1[C@]2(C#N)C(=O)NC(=O)[C@]12C#N. The van der Waals surface area contributed by atoms with Crippen molar-refractivity contribution in [3.05, 3.63) is 0 Å². The zero-order valence-electron chi connectivity index (χ0n) is 6.79. The Morgan fingerprint density at radius 3 is 1.85 bits per heavy atom. The van der Waals surface area contributed by atoms with E-state index in [1.807, 2.05) is 5.32 Å². The van der Waals surface area contributed by atoms with Crippen molar-refractivity contribution < 1.29 is 9.59 Å². The number of carbonyl (C=O) groups excluding carboxylic acids is 2. The van der Waals surface area contributed by atoms with Gasteiger partial charge in [0, 0.05) is 5.92 Å². The van der Waals surface area contributed by atoms with Crippen molar-refractivity contribution in [3.63, 3.8) is 0 Å². The number of hydrogen-bond donors (Lipinski definition) is 1. The lowest BCUT2D eigenvalue weighted by Gasteiger charge is -1.99. The summed E-state index contributed by atoms with van der Waals surface area (Å²) in [6.45, 7) is 1.57. The quantitative estimate of drug-likeness (QED) is 0.493. The third-order valence-corrected chi connectivity index (χ3v) is 3.13. The number of fused-ring (bicyclic) bond motifs is 1. The van der Waals surface area contributed by atoms with Gasteiger partial charge in [0.2, 0.25) is 11.8 Å². The number of nitriles is 2. The maximum Gasteiger partial charge on any atom is 0.249 e. The predicted molar refractivity (Wildman–Crippen MR) is 38.4 cm³/mol. The van der Waals surface area contributed by atoms with Gasteiger partial charge in [-0.15, -0.1) is 0 Å². The van der Waals surface area contributed by atoms with Crippen LogP contribution < -0.4 is 5.32 Å². The number of carbonyl (C=O) groups is 2. The molecule has 2 fully saturated rings. The van der Waals surface area contributed by atoms with Crippen LogP contribution in [-0.4, -0.2) is 11.8 Å². The van der Waals surface area contributed by atoms with Crippen molar-refractivity contribution in [2.24, 2.45) is 16.7 Å². The van der Waals surface area contributed by atoms with Gasteiger partial charge in [0.25, 0.3) is 0 Å². The fourth-order valence-corrected chi connectivity index (χ4v) is 2.18. The van der Waals surface area contributed by atoms with E-state index in [2.05, 4.69) is 0 Å². The van der Waals surface area contributed by atoms with Gasteiger partial charge in [0.05, 0.1) is 12.1 Å². The molecular weight excluding hydrogens is 170 g/mol. The average molecular weight is 175 g/mol. The predicted octanol–water partition coefficient (Wildman–Crippen LogP) is -0.688. The van der Waals surface area contributed by atoms with Crippen LogP contribution in [0.5, 0.6) is 0 Å². The molecule has 0 radical (unpaired) electrons. The number of hydrogen-bond acceptors (Lipinski definition) is 4. The molecule has 13 heavy (non-hydrogen) atoms. The lowest BCUT2D eigenvalue weighted by molar-refractivity contribution is -0.129. The van der Waals surface area contributed by atoms with E-state index < -0.39 is 28.6 Å². The topological polar surface area (TPSA) is 93.8 Å². The largest absolute Gasteiger partial charge is 0.294 e. The molecule has 1 unspecified atom stereocenters. The van der Waals surface area contributed by atoms with Gasteiger partial charge in [-0.1, -0.05) is 6.92 Å². The molecule has 2 amide bonds. The fraction of sp³-hybridized carbons (Fsp3) is 0.500. The lowest BCUT2D eigenvalue weighted by Crippen LogP contribution is -2.31. The number of rotatable bonds is 0. The van der Waals surface area contributed by atoms with Crippen LogP contribution in [-0.2, 0) is 9.59 Å². The highest BCUT2D eigenvalue weighted by atomic mass is 16.2. The van der Waals surface area contributed by atoms with Crippen molar-refractivity contribution in [2.45, 2.75) is 6.92 Å². The Balaban J connectivity index is 2.65. The average Bonchev–Trinajstić information content (AvgIpc) is 2.56. The number of piperidine rings is 1. The number of nitrogens with zero attached hydrogens (tertiary/aromatic N) is 2. The standard InChI is InChI=1S/C8H5N3O2/c1-4-7(2-9)5(12)11-6(13)8(4,7)3-10/h4H,1H3,(H,11,12,13)/t4?,7-,8+. The summed E-state index contributed by atoms with van der Waals surface area (Å²) in [5, 5.41) is 19.6. The summed E-state index contributed by atoms with van der Waals surface area (Å²) >= 11 is 0. The van der Waals surface area contributed by atoms with Crippen LogP contribution in [0, 0.1) is 39.4 Å². The van der Waals surface area contributed by atoms with Crippen LogP contribution in [0.25, 0.3) is 0 Å². The summed E-state index contributed by atoms with van der Waals surface area (Å²) in [6.07, 6.45) is 0. The van der Waals surface area contributed by atoms with Crippen LogP contribution in [0.15, 0.2) is 0 Å². The molecule has 5 heteroatoms. The molecule has 3 atom stereocenters. The van der Waals surface area contributed by atoms with Crippen molar-refractivity contribution >= 4 is 11.8 Å². The van der Waals surface area contributed by atoms with Crippen LogP contribution >= 0.6 is 0 Å². The molecule has 2 rings (SSSR count). The van der Waals surface area contributed by atoms with E-state index >= 15 is 0 Å². The number of amides is 2. The van der Waals surface area contributed by atoms with Crippen molar-refractivity contribution in [2.75, 3.05) is 0 Å². The molecule has 1 saturated heterocycles. The number of nitrogens with one attached hydrogen (secondary N) is 1. The van der Waals surface area contributed by atoms with Gasteiger partial charge in [-0.25, -0.2) is 0 Å². The molecule has 64 valence electrons. The first-order chi connectivity index (χ1) is 6.07. The Morgan fingerprint density at radius 1 is 1.23 bits per heavy atom. The molecule has 0 aromatic heterocycles. The number of imide groups is 1. The zero-order chi connectivity index (χ0) is 9.85. The lowest BCUT2D eigenvalue weighted by atomic mass is 9.98. The Hall–Kier alpha value is -1.88. The van der Waals surface area contributed by atoms with E-state index in [9.17, 15) is 9.59 Å². The van der Waals surface area contributed by atoms with E-state index in [1.54, 1.807) is 19.1 Å². The first-order valence-corrected chi connectivity index (χ1v) is 3.76. The highest BCUT2D eigenvalue weighted by Crippen LogP contribution is 2.71. The molecule has 1 aliphatic carbocycles. The molecule has 1 heterocycles. The summed E-state index contributed by atoms with van der Waals surface area (Å²) < 4.78 is 0. The van der Waals surface area contributed by atoms with Crippen LogP contribution in [0.2, 0.25) is 0 Å². The van der Waals surface area contributed by atoms with Crippen molar-refractivity contribution in [3.8, 4) is 12.1 Å². The molecule has 1 N–H and O–H groups in total. The Morgan fingerprint density at radius 2 is 1.62 bits per heavy atom.